The van der Waals surface area contributed by atoms with Crippen LogP contribution in [0.3, 0.4) is 0 Å². The second-order valence-corrected chi connectivity index (χ2v) is 9.43. The number of nitrogens with one attached hydrogen (secondary N) is 1. The molecule has 0 aliphatic carbocycles. The van der Waals surface area contributed by atoms with Crippen LogP contribution in [-0.2, 0) is 4.79 Å². The molecule has 0 amide bonds. The van der Waals surface area contributed by atoms with Gasteiger partial charge in [-0.15, -0.1) is 0 Å². The van der Waals surface area contributed by atoms with Crippen molar-refractivity contribution in [2.75, 3.05) is 6.54 Å². The Kier molecular flexibility index (Phi) is 6.92. The summed E-state index contributed by atoms with van der Waals surface area (Å²) in [6, 6.07) is 31.1. The molecule has 0 saturated carbocycles. The standard InChI is InChI=1S/C31H31NO4/c1-20(26-12-7-9-22-8-3-4-10-27(22)26)32-19-25-18-29(28-11-5-6-13-30(28)36-25)23-14-16-24(17-15-23)35-21(2)31(33)34/h3-17,20-21,25,29,32H,18-19H2,1-2H3,(H,33,34)/t20-,21?,25-,29+/m1/s1. The molecule has 4 atom stereocenters. The Morgan fingerprint density at radius 1 is 0.972 bits per heavy atom. The molecule has 0 radical (unpaired) electrons. The number of hydrogen-bond donors (Lipinski definition) is 2. The van der Waals surface area contributed by atoms with Crippen molar-refractivity contribution in [3.05, 3.63) is 108 Å². The fourth-order valence-electron chi connectivity index (χ4n) is 5.01. The molecule has 4 aromatic carbocycles. The Balaban J connectivity index is 1.32. The van der Waals surface area contributed by atoms with Crippen LogP contribution in [-0.4, -0.2) is 29.8 Å². The third-order valence-corrected chi connectivity index (χ3v) is 6.97. The van der Waals surface area contributed by atoms with E-state index in [0.29, 0.717) is 5.75 Å². The SMILES string of the molecule is CC(Oc1ccc([C@@H]2C[C@H](CN[C@H](C)c3cccc4ccccc34)Oc3ccccc32)cc1)C(=O)O. The van der Waals surface area contributed by atoms with Gasteiger partial charge in [0.05, 0.1) is 0 Å². The topological polar surface area (TPSA) is 67.8 Å². The maximum Gasteiger partial charge on any atom is 0.344 e. The minimum absolute atomic E-state index is 0.0188. The first-order valence-corrected chi connectivity index (χ1v) is 12.5. The van der Waals surface area contributed by atoms with Crippen LogP contribution in [0.15, 0.2) is 91.0 Å². The van der Waals surface area contributed by atoms with E-state index < -0.39 is 12.1 Å². The van der Waals surface area contributed by atoms with Gasteiger partial charge < -0.3 is 19.9 Å². The lowest BCUT2D eigenvalue weighted by Crippen LogP contribution is -2.37. The molecule has 5 nitrogen and oxygen atoms in total. The second kappa shape index (κ2) is 10.4. The Hall–Kier alpha value is -3.83. The zero-order valence-electron chi connectivity index (χ0n) is 20.6. The summed E-state index contributed by atoms with van der Waals surface area (Å²) in [5.41, 5.74) is 3.61. The van der Waals surface area contributed by atoms with Crippen LogP contribution in [0.4, 0.5) is 0 Å². The molecular formula is C31H31NO4. The molecule has 0 saturated heterocycles. The monoisotopic (exact) mass is 481 g/mol. The van der Waals surface area contributed by atoms with Crippen LogP contribution in [0.25, 0.3) is 10.8 Å². The Morgan fingerprint density at radius 2 is 1.69 bits per heavy atom. The highest BCUT2D eigenvalue weighted by Gasteiger charge is 2.29. The van der Waals surface area contributed by atoms with Gasteiger partial charge in [0.1, 0.15) is 17.6 Å². The molecule has 2 N–H and O–H groups in total. The first-order chi connectivity index (χ1) is 17.5. The van der Waals surface area contributed by atoms with Crippen molar-refractivity contribution in [1.29, 1.82) is 0 Å². The number of fused-ring (bicyclic) bond motifs is 2. The molecule has 36 heavy (non-hydrogen) atoms. The fraction of sp³-hybridized carbons (Fsp3) is 0.258. The van der Waals surface area contributed by atoms with Gasteiger partial charge in [-0.25, -0.2) is 4.79 Å². The van der Waals surface area contributed by atoms with E-state index in [1.54, 1.807) is 0 Å². The highest BCUT2D eigenvalue weighted by atomic mass is 16.5. The van der Waals surface area contributed by atoms with E-state index in [1.807, 2.05) is 42.5 Å². The van der Waals surface area contributed by atoms with Crippen LogP contribution in [0.5, 0.6) is 11.5 Å². The van der Waals surface area contributed by atoms with E-state index in [2.05, 4.69) is 60.8 Å². The van der Waals surface area contributed by atoms with E-state index in [-0.39, 0.29) is 18.1 Å². The number of carboxylic acids is 1. The van der Waals surface area contributed by atoms with Crippen LogP contribution in [0, 0.1) is 0 Å². The number of carbonyl (C=O) groups is 1. The van der Waals surface area contributed by atoms with Gasteiger partial charge in [0.25, 0.3) is 0 Å². The zero-order valence-corrected chi connectivity index (χ0v) is 20.6. The molecule has 4 aromatic rings. The summed E-state index contributed by atoms with van der Waals surface area (Å²) in [5.74, 6) is 0.667. The fourth-order valence-corrected chi connectivity index (χ4v) is 5.01. The van der Waals surface area contributed by atoms with Gasteiger partial charge in [0.15, 0.2) is 6.10 Å². The largest absolute Gasteiger partial charge is 0.489 e. The van der Waals surface area contributed by atoms with Gasteiger partial charge in [-0.2, -0.15) is 0 Å². The quantitative estimate of drug-likeness (QED) is 0.308. The highest BCUT2D eigenvalue weighted by molar-refractivity contribution is 5.86. The van der Waals surface area contributed by atoms with Crippen molar-refractivity contribution in [3.63, 3.8) is 0 Å². The molecule has 5 rings (SSSR count). The highest BCUT2D eigenvalue weighted by Crippen LogP contribution is 2.40. The summed E-state index contributed by atoms with van der Waals surface area (Å²) in [6.07, 6.45) is -0.0259. The lowest BCUT2D eigenvalue weighted by atomic mass is 9.84. The van der Waals surface area contributed by atoms with Crippen molar-refractivity contribution in [1.82, 2.24) is 5.32 Å². The molecular weight excluding hydrogens is 450 g/mol. The molecule has 184 valence electrons. The predicted octanol–water partition coefficient (Wildman–Crippen LogP) is 6.33. The average Bonchev–Trinajstić information content (AvgIpc) is 2.91. The van der Waals surface area contributed by atoms with Crippen molar-refractivity contribution in [3.8, 4) is 11.5 Å². The van der Waals surface area contributed by atoms with Gasteiger partial charge in [0, 0.05) is 24.1 Å². The summed E-state index contributed by atoms with van der Waals surface area (Å²) < 4.78 is 11.9. The van der Waals surface area contributed by atoms with E-state index in [4.69, 9.17) is 14.6 Å². The van der Waals surface area contributed by atoms with E-state index in [1.165, 1.54) is 28.8 Å². The van der Waals surface area contributed by atoms with E-state index in [0.717, 1.165) is 24.3 Å². The van der Waals surface area contributed by atoms with Gasteiger partial charge in [-0.05, 0) is 60.4 Å². The maximum atomic E-state index is 11.1. The first kappa shape index (κ1) is 23.9. The maximum absolute atomic E-state index is 11.1. The summed E-state index contributed by atoms with van der Waals surface area (Å²) in [7, 11) is 0. The first-order valence-electron chi connectivity index (χ1n) is 12.5. The van der Waals surface area contributed by atoms with Crippen LogP contribution >= 0.6 is 0 Å². The normalized spacial score (nSPS) is 18.6. The summed E-state index contributed by atoms with van der Waals surface area (Å²) in [6.45, 7) is 4.46. The van der Waals surface area contributed by atoms with Crippen LogP contribution in [0.1, 0.15) is 48.9 Å². The molecule has 0 aromatic heterocycles. The molecule has 1 aliphatic heterocycles. The summed E-state index contributed by atoms with van der Waals surface area (Å²) >= 11 is 0. The molecule has 1 unspecified atom stereocenters. The minimum Gasteiger partial charge on any atom is -0.489 e. The molecule has 5 heteroatoms. The Labute approximate surface area is 211 Å². The van der Waals surface area contributed by atoms with Crippen molar-refractivity contribution in [2.45, 2.75) is 44.4 Å². The number of ether oxygens (including phenoxy) is 2. The third-order valence-electron chi connectivity index (χ3n) is 6.97. The Morgan fingerprint density at radius 3 is 2.50 bits per heavy atom. The van der Waals surface area contributed by atoms with Gasteiger partial charge in [-0.3, -0.25) is 0 Å². The van der Waals surface area contributed by atoms with Gasteiger partial charge in [0.2, 0.25) is 0 Å². The Bertz CT molecular complexity index is 1350. The number of aliphatic carboxylic acids is 1. The van der Waals surface area contributed by atoms with Crippen LogP contribution in [0.2, 0.25) is 0 Å². The third kappa shape index (κ3) is 5.07. The average molecular weight is 482 g/mol. The number of para-hydroxylation sites is 1. The van der Waals surface area contributed by atoms with Crippen molar-refractivity contribution in [2.24, 2.45) is 0 Å². The number of rotatable bonds is 8. The lowest BCUT2D eigenvalue weighted by Gasteiger charge is -2.33. The van der Waals surface area contributed by atoms with Crippen molar-refractivity contribution >= 4 is 16.7 Å². The number of carboxylic acid groups (broad SMARTS) is 1. The molecule has 0 spiro atoms. The van der Waals surface area contributed by atoms with Gasteiger partial charge >= 0.3 is 5.97 Å². The smallest absolute Gasteiger partial charge is 0.344 e. The minimum atomic E-state index is -0.981. The number of hydrogen-bond acceptors (Lipinski definition) is 4. The predicted molar refractivity (Wildman–Crippen MR) is 142 cm³/mol. The van der Waals surface area contributed by atoms with Gasteiger partial charge in [-0.1, -0.05) is 72.8 Å². The van der Waals surface area contributed by atoms with Crippen LogP contribution < -0.4 is 14.8 Å². The number of benzene rings is 4. The van der Waals surface area contributed by atoms with E-state index in [9.17, 15) is 4.79 Å². The zero-order chi connectivity index (χ0) is 25.1. The van der Waals surface area contributed by atoms with Crippen molar-refractivity contribution < 1.29 is 19.4 Å². The molecule has 1 heterocycles. The second-order valence-electron chi connectivity index (χ2n) is 9.43. The summed E-state index contributed by atoms with van der Waals surface area (Å²) in [4.78, 5) is 11.1. The summed E-state index contributed by atoms with van der Waals surface area (Å²) in [5, 5.41) is 15.3. The lowest BCUT2D eigenvalue weighted by molar-refractivity contribution is -0.144. The molecule has 0 bridgehead atoms. The molecule has 0 fully saturated rings. The van der Waals surface area contributed by atoms with E-state index >= 15 is 0 Å². The molecule has 1 aliphatic rings.